The first-order chi connectivity index (χ1) is 11.5. The zero-order valence-corrected chi connectivity index (χ0v) is 14.2. The summed E-state index contributed by atoms with van der Waals surface area (Å²) in [4.78, 5) is 18.3. The van der Waals surface area contributed by atoms with Crippen LogP contribution >= 0.6 is 0 Å². The van der Waals surface area contributed by atoms with Crippen LogP contribution in [0.1, 0.15) is 46.3 Å². The highest BCUT2D eigenvalue weighted by Crippen LogP contribution is 2.32. The number of likely N-dealkylation sites (tertiary alicyclic amines) is 1. The van der Waals surface area contributed by atoms with Gasteiger partial charge in [-0.3, -0.25) is 4.79 Å². The second kappa shape index (κ2) is 5.47. The number of H-pyrrole nitrogens is 1. The molecule has 1 aromatic carbocycles. The fraction of sp³-hybridized carbons (Fsp3) is 0.389. The minimum Gasteiger partial charge on any atom is -0.351 e. The van der Waals surface area contributed by atoms with Crippen molar-refractivity contribution >= 4 is 16.8 Å². The van der Waals surface area contributed by atoms with Gasteiger partial charge in [0.2, 0.25) is 0 Å². The van der Waals surface area contributed by atoms with Gasteiger partial charge in [-0.25, -0.2) is 0 Å². The first-order valence-electron chi connectivity index (χ1n) is 8.29. The van der Waals surface area contributed by atoms with E-state index in [1.807, 2.05) is 22.6 Å². The fourth-order valence-corrected chi connectivity index (χ4v) is 3.74. The zero-order chi connectivity index (χ0) is 16.8. The molecule has 0 spiro atoms. The van der Waals surface area contributed by atoms with Crippen LogP contribution in [0.25, 0.3) is 10.9 Å². The van der Waals surface area contributed by atoms with Crippen molar-refractivity contribution in [2.45, 2.75) is 32.7 Å². The smallest absolute Gasteiger partial charge is 0.270 e. The maximum absolute atomic E-state index is 13.1. The lowest BCUT2D eigenvalue weighted by atomic mass is 10.1. The molecule has 6 nitrogen and oxygen atoms in total. The Hall–Kier alpha value is -2.63. The molecule has 1 fully saturated rings. The molecule has 0 bridgehead atoms. The Kier molecular flexibility index (Phi) is 3.40. The summed E-state index contributed by atoms with van der Waals surface area (Å²) in [6, 6.07) is 6.20. The highest BCUT2D eigenvalue weighted by atomic mass is 16.2. The molecule has 0 saturated carbocycles. The molecule has 24 heavy (non-hydrogen) atoms. The van der Waals surface area contributed by atoms with Crippen molar-refractivity contribution in [2.24, 2.45) is 7.05 Å². The van der Waals surface area contributed by atoms with Crippen molar-refractivity contribution in [1.82, 2.24) is 24.6 Å². The molecule has 3 heterocycles. The minimum atomic E-state index is -0.000699. The zero-order valence-electron chi connectivity index (χ0n) is 14.2. The summed E-state index contributed by atoms with van der Waals surface area (Å²) >= 11 is 0. The maximum Gasteiger partial charge on any atom is 0.270 e. The van der Waals surface area contributed by atoms with Crippen LogP contribution in [0, 0.1) is 13.8 Å². The highest BCUT2D eigenvalue weighted by Gasteiger charge is 2.34. The van der Waals surface area contributed by atoms with E-state index in [1.54, 1.807) is 6.33 Å². The third kappa shape index (κ3) is 2.29. The third-order valence-corrected chi connectivity index (χ3v) is 4.88. The second-order valence-electron chi connectivity index (χ2n) is 6.68. The summed E-state index contributed by atoms with van der Waals surface area (Å²) in [6.07, 6.45) is 3.60. The Morgan fingerprint density at radius 3 is 2.88 bits per heavy atom. The Balaban J connectivity index is 1.70. The lowest BCUT2D eigenvalue weighted by molar-refractivity contribution is 0.0723. The van der Waals surface area contributed by atoms with Crippen molar-refractivity contribution in [1.29, 1.82) is 0 Å². The number of nitrogens with zero attached hydrogens (tertiary/aromatic N) is 4. The quantitative estimate of drug-likeness (QED) is 0.788. The molecule has 1 amide bonds. The number of benzene rings is 1. The molecule has 4 rings (SSSR count). The van der Waals surface area contributed by atoms with Crippen LogP contribution < -0.4 is 0 Å². The number of carbonyl (C=O) groups excluding carboxylic acids is 1. The van der Waals surface area contributed by atoms with Crippen LogP contribution in [-0.4, -0.2) is 37.1 Å². The first kappa shape index (κ1) is 14.9. The van der Waals surface area contributed by atoms with Crippen LogP contribution in [0.2, 0.25) is 0 Å². The molecule has 1 aliphatic heterocycles. The topological polar surface area (TPSA) is 66.8 Å². The Morgan fingerprint density at radius 1 is 1.29 bits per heavy atom. The van der Waals surface area contributed by atoms with Gasteiger partial charge in [0.1, 0.15) is 12.0 Å². The van der Waals surface area contributed by atoms with Gasteiger partial charge >= 0.3 is 0 Å². The highest BCUT2D eigenvalue weighted by molar-refractivity contribution is 5.99. The van der Waals surface area contributed by atoms with E-state index in [-0.39, 0.29) is 11.9 Å². The lowest BCUT2D eigenvalue weighted by Crippen LogP contribution is -2.32. The molecule has 3 aromatic rings. The molecule has 1 unspecified atom stereocenters. The number of aromatic amines is 1. The Morgan fingerprint density at radius 2 is 2.12 bits per heavy atom. The number of rotatable bonds is 2. The molecule has 0 aliphatic carbocycles. The maximum atomic E-state index is 13.1. The molecule has 124 valence electrons. The van der Waals surface area contributed by atoms with E-state index in [0.717, 1.165) is 36.1 Å². The van der Waals surface area contributed by atoms with Crippen LogP contribution in [0.5, 0.6) is 0 Å². The fourth-order valence-electron chi connectivity index (χ4n) is 3.74. The van der Waals surface area contributed by atoms with Gasteiger partial charge in [-0.05, 0) is 49.9 Å². The third-order valence-electron chi connectivity index (χ3n) is 4.88. The predicted molar refractivity (Wildman–Crippen MR) is 91.8 cm³/mol. The number of carbonyl (C=O) groups is 1. The molecule has 1 saturated heterocycles. The van der Waals surface area contributed by atoms with Crippen LogP contribution in [0.4, 0.5) is 0 Å². The van der Waals surface area contributed by atoms with Gasteiger partial charge in [0.25, 0.3) is 5.91 Å². The molecular weight excluding hydrogens is 302 g/mol. The minimum absolute atomic E-state index is 0.000699. The van der Waals surface area contributed by atoms with E-state index >= 15 is 0 Å². The lowest BCUT2D eigenvalue weighted by Gasteiger charge is -2.23. The first-order valence-corrected chi connectivity index (χ1v) is 8.29. The standard InChI is InChI=1S/C18H21N5O/c1-11-7-12(2)13-9-15(20-14(13)8-11)18(24)23-6-4-5-16(23)17-21-19-10-22(17)3/h7-10,16,20H,4-6H2,1-3H3. The number of nitrogens with one attached hydrogen (secondary N) is 1. The summed E-state index contributed by atoms with van der Waals surface area (Å²) in [5.41, 5.74) is 4.04. The number of fused-ring (bicyclic) bond motifs is 1. The van der Waals surface area contributed by atoms with Crippen LogP contribution in [0.15, 0.2) is 24.5 Å². The molecular formula is C18H21N5O. The van der Waals surface area contributed by atoms with E-state index < -0.39 is 0 Å². The average molecular weight is 323 g/mol. The number of amides is 1. The normalized spacial score (nSPS) is 17.8. The SMILES string of the molecule is Cc1cc(C)c2cc(C(=O)N3CCCC3c3nncn3C)[nH]c2c1. The Bertz CT molecular complexity index is 923. The van der Waals surface area contributed by atoms with E-state index in [0.29, 0.717) is 5.69 Å². The van der Waals surface area contributed by atoms with E-state index in [1.165, 1.54) is 11.1 Å². The van der Waals surface area contributed by atoms with Gasteiger partial charge in [-0.1, -0.05) is 6.07 Å². The van der Waals surface area contributed by atoms with Crippen LogP contribution in [-0.2, 0) is 7.05 Å². The molecule has 1 aliphatic rings. The van der Waals surface area contributed by atoms with E-state index in [2.05, 4.69) is 41.2 Å². The molecule has 1 N–H and O–H groups in total. The van der Waals surface area contributed by atoms with Gasteiger partial charge in [0.05, 0.1) is 6.04 Å². The largest absolute Gasteiger partial charge is 0.351 e. The van der Waals surface area contributed by atoms with Crippen molar-refractivity contribution in [3.8, 4) is 0 Å². The average Bonchev–Trinajstić information content (AvgIpc) is 3.24. The van der Waals surface area contributed by atoms with E-state index in [9.17, 15) is 4.79 Å². The van der Waals surface area contributed by atoms with Gasteiger partial charge in [-0.15, -0.1) is 10.2 Å². The van der Waals surface area contributed by atoms with Crippen molar-refractivity contribution in [3.05, 3.63) is 47.2 Å². The van der Waals surface area contributed by atoms with Gasteiger partial charge in [0, 0.05) is 24.5 Å². The summed E-state index contributed by atoms with van der Waals surface area (Å²) in [5.74, 6) is 0.887. The summed E-state index contributed by atoms with van der Waals surface area (Å²) in [5, 5.41) is 9.27. The number of aryl methyl sites for hydroxylation is 3. The molecule has 2 aromatic heterocycles. The Labute approximate surface area is 140 Å². The molecule has 0 radical (unpaired) electrons. The van der Waals surface area contributed by atoms with Gasteiger partial charge < -0.3 is 14.5 Å². The molecule has 1 atom stereocenters. The van der Waals surface area contributed by atoms with Crippen LogP contribution in [0.3, 0.4) is 0 Å². The van der Waals surface area contributed by atoms with E-state index in [4.69, 9.17) is 0 Å². The van der Waals surface area contributed by atoms with Crippen molar-refractivity contribution in [3.63, 3.8) is 0 Å². The summed E-state index contributed by atoms with van der Waals surface area (Å²) in [7, 11) is 1.92. The van der Waals surface area contributed by atoms with Crippen molar-refractivity contribution in [2.75, 3.05) is 6.54 Å². The number of hydrogen-bond donors (Lipinski definition) is 1. The monoisotopic (exact) mass is 323 g/mol. The van der Waals surface area contributed by atoms with Gasteiger partial charge in [0.15, 0.2) is 5.82 Å². The summed E-state index contributed by atoms with van der Waals surface area (Å²) < 4.78 is 1.90. The predicted octanol–water partition coefficient (Wildman–Crippen LogP) is 2.89. The second-order valence-corrected chi connectivity index (χ2v) is 6.68. The number of hydrogen-bond acceptors (Lipinski definition) is 3. The van der Waals surface area contributed by atoms with Gasteiger partial charge in [-0.2, -0.15) is 0 Å². The van der Waals surface area contributed by atoms with Crippen molar-refractivity contribution < 1.29 is 4.79 Å². The molecule has 6 heteroatoms. The summed E-state index contributed by atoms with van der Waals surface area (Å²) in [6.45, 7) is 4.90. The number of aromatic nitrogens is 4.